The van der Waals surface area contributed by atoms with Gasteiger partial charge >= 0.3 is 0 Å². The topological polar surface area (TPSA) is 55.2 Å². The summed E-state index contributed by atoms with van der Waals surface area (Å²) in [5.74, 6) is 0. The number of halogens is 1. The Kier molecular flexibility index (Phi) is 4.07. The van der Waals surface area contributed by atoms with Crippen molar-refractivity contribution < 1.29 is 4.92 Å². The molecule has 0 atom stereocenters. The maximum atomic E-state index is 11.1. The van der Waals surface area contributed by atoms with Crippen molar-refractivity contribution in [2.45, 2.75) is 57.4 Å². The van der Waals surface area contributed by atoms with Crippen LogP contribution in [0.5, 0.6) is 0 Å². The molecule has 0 heterocycles. The Labute approximate surface area is 130 Å². The van der Waals surface area contributed by atoms with Gasteiger partial charge in [-0.1, -0.05) is 24.4 Å². The number of anilines is 1. The van der Waals surface area contributed by atoms with Crippen LogP contribution in [0.4, 0.5) is 11.4 Å². The van der Waals surface area contributed by atoms with Crippen molar-refractivity contribution in [3.63, 3.8) is 0 Å². The minimum atomic E-state index is -0.347. The SMILES string of the molecule is O=[N+]([O-])c1ccc(Cl)cc1NC1CCC2(CCCC2)CC1. The predicted molar refractivity (Wildman–Crippen MR) is 84.9 cm³/mol. The van der Waals surface area contributed by atoms with Crippen LogP contribution in [-0.2, 0) is 0 Å². The van der Waals surface area contributed by atoms with Gasteiger partial charge in [-0.3, -0.25) is 10.1 Å². The number of rotatable bonds is 3. The van der Waals surface area contributed by atoms with Crippen LogP contribution in [0.25, 0.3) is 0 Å². The molecular weight excluding hydrogens is 288 g/mol. The van der Waals surface area contributed by atoms with E-state index in [9.17, 15) is 10.1 Å². The fourth-order valence-corrected chi connectivity index (χ4v) is 4.17. The van der Waals surface area contributed by atoms with Gasteiger partial charge in [0, 0.05) is 17.1 Å². The van der Waals surface area contributed by atoms with E-state index in [2.05, 4.69) is 5.32 Å². The van der Waals surface area contributed by atoms with Crippen molar-refractivity contribution in [3.8, 4) is 0 Å². The second kappa shape index (κ2) is 5.84. The van der Waals surface area contributed by atoms with Crippen LogP contribution >= 0.6 is 11.6 Å². The van der Waals surface area contributed by atoms with E-state index >= 15 is 0 Å². The summed E-state index contributed by atoms with van der Waals surface area (Å²) in [6.07, 6.45) is 10.2. The summed E-state index contributed by atoms with van der Waals surface area (Å²) in [6.45, 7) is 0. The molecule has 0 aromatic heterocycles. The predicted octanol–water partition coefficient (Wildman–Crippen LogP) is 5.16. The number of nitrogens with zero attached hydrogens (tertiary/aromatic N) is 1. The molecule has 21 heavy (non-hydrogen) atoms. The Balaban J connectivity index is 1.68. The van der Waals surface area contributed by atoms with E-state index < -0.39 is 0 Å². The molecular formula is C16H21ClN2O2. The number of nitro groups is 1. The highest BCUT2D eigenvalue weighted by atomic mass is 35.5. The van der Waals surface area contributed by atoms with Crippen LogP contribution in [0.2, 0.25) is 5.02 Å². The quantitative estimate of drug-likeness (QED) is 0.619. The highest BCUT2D eigenvalue weighted by molar-refractivity contribution is 6.31. The third kappa shape index (κ3) is 3.15. The average molecular weight is 309 g/mol. The minimum Gasteiger partial charge on any atom is -0.377 e. The van der Waals surface area contributed by atoms with E-state index in [4.69, 9.17) is 11.6 Å². The summed E-state index contributed by atoms with van der Waals surface area (Å²) in [5, 5.41) is 15.0. The lowest BCUT2D eigenvalue weighted by molar-refractivity contribution is -0.384. The molecule has 4 nitrogen and oxygen atoms in total. The smallest absolute Gasteiger partial charge is 0.292 e. The molecule has 0 unspecified atom stereocenters. The van der Waals surface area contributed by atoms with Gasteiger partial charge < -0.3 is 5.32 Å². The molecule has 3 rings (SSSR count). The van der Waals surface area contributed by atoms with Crippen molar-refractivity contribution in [1.29, 1.82) is 0 Å². The third-order valence-electron chi connectivity index (χ3n) is 5.23. The molecule has 2 aliphatic rings. The zero-order valence-electron chi connectivity index (χ0n) is 12.1. The van der Waals surface area contributed by atoms with Crippen LogP contribution in [0, 0.1) is 15.5 Å². The summed E-state index contributed by atoms with van der Waals surface area (Å²) < 4.78 is 0. The molecule has 1 aromatic rings. The molecule has 2 fully saturated rings. The van der Waals surface area contributed by atoms with Crippen molar-refractivity contribution in [2.24, 2.45) is 5.41 Å². The molecule has 0 bridgehead atoms. The highest BCUT2D eigenvalue weighted by Crippen LogP contribution is 2.49. The van der Waals surface area contributed by atoms with E-state index in [1.54, 1.807) is 12.1 Å². The van der Waals surface area contributed by atoms with Crippen LogP contribution < -0.4 is 5.32 Å². The first kappa shape index (κ1) is 14.6. The van der Waals surface area contributed by atoms with E-state index in [1.807, 2.05) is 0 Å². The molecule has 0 radical (unpaired) electrons. The molecule has 0 saturated heterocycles. The third-order valence-corrected chi connectivity index (χ3v) is 5.46. The maximum absolute atomic E-state index is 11.1. The first-order valence-corrected chi connectivity index (χ1v) is 8.16. The fourth-order valence-electron chi connectivity index (χ4n) is 4.00. The Hall–Kier alpha value is -1.29. The Bertz CT molecular complexity index is 531. The molecule has 2 aliphatic carbocycles. The molecule has 114 valence electrons. The lowest BCUT2D eigenvalue weighted by Crippen LogP contribution is -2.31. The maximum Gasteiger partial charge on any atom is 0.292 e. The summed E-state index contributed by atoms with van der Waals surface area (Å²) in [5.41, 5.74) is 1.25. The Morgan fingerprint density at radius 1 is 1.19 bits per heavy atom. The number of hydrogen-bond acceptors (Lipinski definition) is 3. The minimum absolute atomic E-state index is 0.112. The van der Waals surface area contributed by atoms with E-state index in [1.165, 1.54) is 44.6 Å². The molecule has 1 aromatic carbocycles. The average Bonchev–Trinajstić information content (AvgIpc) is 2.90. The fraction of sp³-hybridized carbons (Fsp3) is 0.625. The van der Waals surface area contributed by atoms with Crippen LogP contribution in [0.3, 0.4) is 0 Å². The molecule has 0 aliphatic heterocycles. The lowest BCUT2D eigenvalue weighted by Gasteiger charge is -2.37. The summed E-state index contributed by atoms with van der Waals surface area (Å²) >= 11 is 5.98. The van der Waals surface area contributed by atoms with Gasteiger partial charge in [0.05, 0.1) is 4.92 Å². The lowest BCUT2D eigenvalue weighted by atomic mass is 9.71. The van der Waals surface area contributed by atoms with Gasteiger partial charge in [0.15, 0.2) is 0 Å². The molecule has 1 spiro atoms. The summed E-state index contributed by atoms with van der Waals surface area (Å²) in [6, 6.07) is 5.04. The van der Waals surface area contributed by atoms with E-state index in [0.29, 0.717) is 22.2 Å². The second-order valence-electron chi connectivity index (χ2n) is 6.54. The van der Waals surface area contributed by atoms with Gasteiger partial charge in [0.25, 0.3) is 5.69 Å². The number of hydrogen-bond donors (Lipinski definition) is 1. The van der Waals surface area contributed by atoms with E-state index in [0.717, 1.165) is 12.8 Å². The Morgan fingerprint density at radius 3 is 2.48 bits per heavy atom. The Morgan fingerprint density at radius 2 is 1.86 bits per heavy atom. The van der Waals surface area contributed by atoms with Crippen LogP contribution in [0.1, 0.15) is 51.4 Å². The number of benzene rings is 1. The van der Waals surface area contributed by atoms with E-state index in [-0.39, 0.29) is 10.6 Å². The molecule has 5 heteroatoms. The van der Waals surface area contributed by atoms with Gasteiger partial charge in [0.2, 0.25) is 0 Å². The zero-order valence-corrected chi connectivity index (χ0v) is 12.9. The van der Waals surface area contributed by atoms with Crippen molar-refractivity contribution in [3.05, 3.63) is 33.3 Å². The number of nitro benzene ring substituents is 1. The highest BCUT2D eigenvalue weighted by Gasteiger charge is 2.37. The normalized spacial score (nSPS) is 21.6. The molecule has 1 N–H and O–H groups in total. The van der Waals surface area contributed by atoms with Gasteiger partial charge in [-0.2, -0.15) is 0 Å². The van der Waals surface area contributed by atoms with Gasteiger partial charge in [-0.25, -0.2) is 0 Å². The van der Waals surface area contributed by atoms with Crippen LogP contribution in [0.15, 0.2) is 18.2 Å². The first-order chi connectivity index (χ1) is 10.1. The largest absolute Gasteiger partial charge is 0.377 e. The second-order valence-corrected chi connectivity index (χ2v) is 6.98. The van der Waals surface area contributed by atoms with Crippen LogP contribution in [-0.4, -0.2) is 11.0 Å². The molecule has 2 saturated carbocycles. The van der Waals surface area contributed by atoms with Gasteiger partial charge in [0.1, 0.15) is 5.69 Å². The standard InChI is InChI=1S/C16H21ClN2O2/c17-12-3-4-15(19(20)21)14(11-12)18-13-5-9-16(10-6-13)7-1-2-8-16/h3-4,11,13,18H,1-2,5-10H2. The number of nitrogens with one attached hydrogen (secondary N) is 1. The zero-order chi connectivity index (χ0) is 14.9. The van der Waals surface area contributed by atoms with Crippen molar-refractivity contribution in [1.82, 2.24) is 0 Å². The summed E-state index contributed by atoms with van der Waals surface area (Å²) in [7, 11) is 0. The van der Waals surface area contributed by atoms with Crippen molar-refractivity contribution >= 4 is 23.0 Å². The summed E-state index contributed by atoms with van der Waals surface area (Å²) in [4.78, 5) is 10.8. The van der Waals surface area contributed by atoms with Gasteiger partial charge in [-0.15, -0.1) is 0 Å². The first-order valence-electron chi connectivity index (χ1n) is 7.79. The monoisotopic (exact) mass is 308 g/mol. The molecule has 0 amide bonds. The van der Waals surface area contributed by atoms with Crippen molar-refractivity contribution in [2.75, 3.05) is 5.32 Å². The van der Waals surface area contributed by atoms with Gasteiger partial charge in [-0.05, 0) is 56.1 Å².